The molecule has 0 bridgehead atoms. The van der Waals surface area contributed by atoms with Gasteiger partial charge in [0.25, 0.3) is 11.8 Å². The van der Waals surface area contributed by atoms with Crippen molar-refractivity contribution in [3.05, 3.63) is 64.7 Å². The molecule has 0 saturated heterocycles. The molecule has 0 aliphatic rings. The fourth-order valence-electron chi connectivity index (χ4n) is 2.51. The number of hydrogen-bond donors (Lipinski definition) is 1. The Morgan fingerprint density at radius 1 is 1.07 bits per heavy atom. The average molecular weight is 402 g/mol. The van der Waals surface area contributed by atoms with Crippen LogP contribution in [-0.4, -0.2) is 42.1 Å². The molecular weight excluding hydrogens is 378 g/mol. The van der Waals surface area contributed by atoms with Gasteiger partial charge in [0.2, 0.25) is 0 Å². The second-order valence-electron chi connectivity index (χ2n) is 6.00. The number of carbonyl (C=O) groups excluding carboxylic acids is 2. The van der Waals surface area contributed by atoms with Gasteiger partial charge in [0.15, 0.2) is 6.61 Å². The van der Waals surface area contributed by atoms with Gasteiger partial charge in [0, 0.05) is 13.1 Å². The molecule has 28 heavy (non-hydrogen) atoms. The highest BCUT2D eigenvalue weighted by atomic mass is 35.5. The molecular formula is C21H24ClN3O3. The van der Waals surface area contributed by atoms with Gasteiger partial charge in [-0.15, -0.1) is 0 Å². The molecule has 0 unspecified atom stereocenters. The first kappa shape index (κ1) is 21.4. The van der Waals surface area contributed by atoms with Crippen LogP contribution < -0.4 is 10.2 Å². The SMILES string of the molecule is CCN(CC)C(=O)COc1ccc(/C(C)=N\NC(=O)c2ccccc2Cl)cc1. The van der Waals surface area contributed by atoms with Crippen LogP contribution in [0.25, 0.3) is 0 Å². The van der Waals surface area contributed by atoms with Crippen LogP contribution in [0.2, 0.25) is 5.02 Å². The number of nitrogens with one attached hydrogen (secondary N) is 1. The minimum atomic E-state index is -0.375. The number of carbonyl (C=O) groups is 2. The van der Waals surface area contributed by atoms with Crippen molar-refractivity contribution in [1.29, 1.82) is 0 Å². The van der Waals surface area contributed by atoms with E-state index in [9.17, 15) is 9.59 Å². The Kier molecular flexibility index (Phi) is 8.02. The Hall–Kier alpha value is -2.86. The van der Waals surface area contributed by atoms with E-state index in [1.165, 1.54) is 0 Å². The molecule has 0 atom stereocenters. The monoisotopic (exact) mass is 401 g/mol. The van der Waals surface area contributed by atoms with Gasteiger partial charge < -0.3 is 9.64 Å². The molecule has 2 aromatic carbocycles. The largest absolute Gasteiger partial charge is 0.484 e. The van der Waals surface area contributed by atoms with E-state index in [1.54, 1.807) is 48.2 Å². The lowest BCUT2D eigenvalue weighted by atomic mass is 10.1. The highest BCUT2D eigenvalue weighted by Gasteiger charge is 2.11. The summed E-state index contributed by atoms with van der Waals surface area (Å²) in [5, 5.41) is 4.49. The van der Waals surface area contributed by atoms with Gasteiger partial charge in [0.05, 0.1) is 16.3 Å². The normalized spacial score (nSPS) is 11.1. The molecule has 2 aromatic rings. The summed E-state index contributed by atoms with van der Waals surface area (Å²) in [5.41, 5.74) is 4.32. The van der Waals surface area contributed by atoms with Crippen molar-refractivity contribution in [2.24, 2.45) is 5.10 Å². The van der Waals surface area contributed by atoms with Gasteiger partial charge in [-0.2, -0.15) is 5.10 Å². The van der Waals surface area contributed by atoms with Crippen molar-refractivity contribution in [1.82, 2.24) is 10.3 Å². The molecule has 0 aliphatic carbocycles. The number of likely N-dealkylation sites (N-methyl/N-ethyl adjacent to an activating group) is 1. The third-order valence-corrected chi connectivity index (χ3v) is 4.52. The minimum absolute atomic E-state index is 0.00197. The first-order valence-electron chi connectivity index (χ1n) is 9.06. The predicted molar refractivity (Wildman–Crippen MR) is 111 cm³/mol. The Labute approximate surface area is 170 Å². The van der Waals surface area contributed by atoms with Crippen LogP contribution in [0.15, 0.2) is 53.6 Å². The smallest absolute Gasteiger partial charge is 0.272 e. The summed E-state index contributed by atoms with van der Waals surface area (Å²) in [5.74, 6) is 0.172. The molecule has 0 radical (unpaired) electrons. The molecule has 0 spiro atoms. The lowest BCUT2D eigenvalue weighted by molar-refractivity contribution is -0.132. The highest BCUT2D eigenvalue weighted by Crippen LogP contribution is 2.15. The fourth-order valence-corrected chi connectivity index (χ4v) is 2.73. The van der Waals surface area contributed by atoms with Crippen LogP contribution in [0, 0.1) is 0 Å². The number of halogens is 1. The number of amides is 2. The molecule has 0 heterocycles. The van der Waals surface area contributed by atoms with Crippen LogP contribution in [0.5, 0.6) is 5.75 Å². The van der Waals surface area contributed by atoms with E-state index in [2.05, 4.69) is 10.5 Å². The van der Waals surface area contributed by atoms with E-state index in [-0.39, 0.29) is 18.4 Å². The van der Waals surface area contributed by atoms with Crippen LogP contribution >= 0.6 is 11.6 Å². The fraction of sp³-hybridized carbons (Fsp3) is 0.286. The zero-order valence-electron chi connectivity index (χ0n) is 16.2. The van der Waals surface area contributed by atoms with Crippen LogP contribution in [-0.2, 0) is 4.79 Å². The molecule has 2 amide bonds. The predicted octanol–water partition coefficient (Wildman–Crippen LogP) is 3.74. The number of benzene rings is 2. The summed E-state index contributed by atoms with van der Waals surface area (Å²) >= 11 is 6.01. The number of nitrogens with zero attached hydrogens (tertiary/aromatic N) is 2. The van der Waals surface area contributed by atoms with Crippen molar-refractivity contribution >= 4 is 29.1 Å². The molecule has 0 aliphatic heterocycles. The van der Waals surface area contributed by atoms with Gasteiger partial charge in [-0.05, 0) is 62.7 Å². The molecule has 0 aromatic heterocycles. The summed E-state index contributed by atoms with van der Waals surface area (Å²) in [6.45, 7) is 6.97. The molecule has 0 fully saturated rings. The average Bonchev–Trinajstić information content (AvgIpc) is 2.72. The summed E-state index contributed by atoms with van der Waals surface area (Å²) in [4.78, 5) is 25.8. The van der Waals surface area contributed by atoms with E-state index in [0.29, 0.717) is 35.1 Å². The second-order valence-corrected chi connectivity index (χ2v) is 6.40. The van der Waals surface area contributed by atoms with Crippen LogP contribution in [0.4, 0.5) is 0 Å². The van der Waals surface area contributed by atoms with E-state index >= 15 is 0 Å². The van der Waals surface area contributed by atoms with Crippen molar-refractivity contribution in [2.75, 3.05) is 19.7 Å². The van der Waals surface area contributed by atoms with Crippen molar-refractivity contribution < 1.29 is 14.3 Å². The first-order valence-corrected chi connectivity index (χ1v) is 9.44. The first-order chi connectivity index (χ1) is 13.5. The van der Waals surface area contributed by atoms with E-state index in [1.807, 2.05) is 26.0 Å². The van der Waals surface area contributed by atoms with Gasteiger partial charge >= 0.3 is 0 Å². The maximum atomic E-state index is 12.2. The minimum Gasteiger partial charge on any atom is -0.484 e. The van der Waals surface area contributed by atoms with Crippen LogP contribution in [0.3, 0.4) is 0 Å². The Bertz CT molecular complexity index is 846. The quantitative estimate of drug-likeness (QED) is 0.541. The van der Waals surface area contributed by atoms with Gasteiger partial charge in [0.1, 0.15) is 5.75 Å². The molecule has 2 rings (SSSR count). The van der Waals surface area contributed by atoms with Gasteiger partial charge in [-0.25, -0.2) is 5.43 Å². The summed E-state index contributed by atoms with van der Waals surface area (Å²) < 4.78 is 5.54. The lowest BCUT2D eigenvalue weighted by Gasteiger charge is -2.18. The Balaban J connectivity index is 1.95. The zero-order valence-corrected chi connectivity index (χ0v) is 17.0. The maximum Gasteiger partial charge on any atom is 0.272 e. The highest BCUT2D eigenvalue weighted by molar-refractivity contribution is 6.33. The molecule has 0 saturated carbocycles. The lowest BCUT2D eigenvalue weighted by Crippen LogP contribution is -2.34. The van der Waals surface area contributed by atoms with Crippen LogP contribution in [0.1, 0.15) is 36.7 Å². The number of hydrazone groups is 1. The molecule has 1 N–H and O–H groups in total. The van der Waals surface area contributed by atoms with Crippen molar-refractivity contribution in [3.8, 4) is 5.75 Å². The van der Waals surface area contributed by atoms with Crippen molar-refractivity contribution in [3.63, 3.8) is 0 Å². The van der Waals surface area contributed by atoms with E-state index in [0.717, 1.165) is 5.56 Å². The standard InChI is InChI=1S/C21H24ClN3O3/c1-4-25(5-2)20(26)14-28-17-12-10-16(11-13-17)15(3)23-24-21(27)18-8-6-7-9-19(18)22/h6-13H,4-5,14H2,1-3H3,(H,24,27)/b23-15-. The topological polar surface area (TPSA) is 71.0 Å². The summed E-state index contributed by atoms with van der Waals surface area (Å²) in [6.07, 6.45) is 0. The molecule has 6 nitrogen and oxygen atoms in total. The third kappa shape index (κ3) is 5.82. The number of hydrogen-bond acceptors (Lipinski definition) is 4. The number of rotatable bonds is 8. The Morgan fingerprint density at radius 3 is 2.32 bits per heavy atom. The third-order valence-electron chi connectivity index (χ3n) is 4.19. The Morgan fingerprint density at radius 2 is 1.71 bits per heavy atom. The van der Waals surface area contributed by atoms with E-state index < -0.39 is 0 Å². The second kappa shape index (κ2) is 10.5. The summed E-state index contributed by atoms with van der Waals surface area (Å²) in [7, 11) is 0. The number of ether oxygens (including phenoxy) is 1. The molecule has 148 valence electrons. The van der Waals surface area contributed by atoms with Gasteiger partial charge in [-0.1, -0.05) is 23.7 Å². The summed E-state index contributed by atoms with van der Waals surface area (Å²) in [6, 6.07) is 13.9. The van der Waals surface area contributed by atoms with Crippen molar-refractivity contribution in [2.45, 2.75) is 20.8 Å². The molecule has 7 heteroatoms. The zero-order chi connectivity index (χ0) is 20.5. The maximum absolute atomic E-state index is 12.2. The van der Waals surface area contributed by atoms with E-state index in [4.69, 9.17) is 16.3 Å². The van der Waals surface area contributed by atoms with Gasteiger partial charge in [-0.3, -0.25) is 9.59 Å².